The van der Waals surface area contributed by atoms with E-state index in [9.17, 15) is 0 Å². The number of rotatable bonds is 7. The summed E-state index contributed by atoms with van der Waals surface area (Å²) >= 11 is 0. The van der Waals surface area contributed by atoms with Crippen molar-refractivity contribution in [3.05, 3.63) is 0 Å². The van der Waals surface area contributed by atoms with E-state index in [4.69, 9.17) is 10.6 Å². The molecule has 0 aromatic carbocycles. The van der Waals surface area contributed by atoms with Crippen LogP contribution < -0.4 is 16.6 Å². The molecule has 1 saturated carbocycles. The third-order valence-corrected chi connectivity index (χ3v) is 3.87. The van der Waals surface area contributed by atoms with Gasteiger partial charge in [-0.05, 0) is 31.6 Å². The fourth-order valence-corrected chi connectivity index (χ4v) is 2.55. The van der Waals surface area contributed by atoms with E-state index in [1.165, 1.54) is 25.7 Å². The molecule has 0 spiro atoms. The number of nitrogens with one attached hydrogen (secondary N) is 2. The molecular formula is C14H30N4O. The van der Waals surface area contributed by atoms with Crippen LogP contribution in [0.3, 0.4) is 0 Å². The Balaban J connectivity index is 2.22. The Morgan fingerprint density at radius 2 is 2.16 bits per heavy atom. The van der Waals surface area contributed by atoms with Crippen molar-refractivity contribution in [3.8, 4) is 0 Å². The second-order valence-electron chi connectivity index (χ2n) is 5.33. The lowest BCUT2D eigenvalue weighted by molar-refractivity contribution is 0.145. The van der Waals surface area contributed by atoms with Crippen LogP contribution in [-0.2, 0) is 4.74 Å². The van der Waals surface area contributed by atoms with Crippen LogP contribution >= 0.6 is 0 Å². The van der Waals surface area contributed by atoms with Crippen LogP contribution in [0, 0.1) is 11.8 Å². The fourth-order valence-electron chi connectivity index (χ4n) is 2.55. The third-order valence-electron chi connectivity index (χ3n) is 3.87. The van der Waals surface area contributed by atoms with E-state index in [-0.39, 0.29) is 0 Å². The molecule has 0 aromatic heterocycles. The highest BCUT2D eigenvalue weighted by Gasteiger charge is 2.20. The predicted molar refractivity (Wildman–Crippen MR) is 79.9 cm³/mol. The molecule has 0 saturated heterocycles. The number of ether oxygens (including phenoxy) is 1. The predicted octanol–water partition coefficient (Wildman–Crippen LogP) is 1.65. The van der Waals surface area contributed by atoms with Crippen LogP contribution in [0.25, 0.3) is 0 Å². The standard InChI is InChI=1S/C14H30N4O/c1-3-19-10-6-9-16-14(18-15)17-11-13-8-5-4-7-12(13)2/h12-13H,3-11,15H2,1-2H3,(H2,16,17,18). The van der Waals surface area contributed by atoms with Crippen LogP contribution in [0.2, 0.25) is 0 Å². The molecule has 1 fully saturated rings. The largest absolute Gasteiger partial charge is 0.382 e. The highest BCUT2D eigenvalue weighted by Crippen LogP contribution is 2.29. The lowest BCUT2D eigenvalue weighted by Gasteiger charge is -2.27. The van der Waals surface area contributed by atoms with Gasteiger partial charge in [0, 0.05) is 26.3 Å². The maximum Gasteiger partial charge on any atom is 0.205 e. The zero-order valence-electron chi connectivity index (χ0n) is 12.5. The van der Waals surface area contributed by atoms with E-state index in [0.29, 0.717) is 11.9 Å². The average Bonchev–Trinajstić information content (AvgIpc) is 2.43. The van der Waals surface area contributed by atoms with Gasteiger partial charge in [0.05, 0.1) is 0 Å². The fraction of sp³-hybridized carbons (Fsp3) is 0.929. The van der Waals surface area contributed by atoms with E-state index in [1.807, 2.05) is 6.92 Å². The van der Waals surface area contributed by atoms with Gasteiger partial charge in [-0.2, -0.15) is 0 Å². The summed E-state index contributed by atoms with van der Waals surface area (Å²) in [5.41, 5.74) is 2.65. The molecule has 0 bridgehead atoms. The van der Waals surface area contributed by atoms with Gasteiger partial charge in [0.2, 0.25) is 5.96 Å². The van der Waals surface area contributed by atoms with Crippen molar-refractivity contribution in [1.29, 1.82) is 0 Å². The van der Waals surface area contributed by atoms with Crippen LogP contribution in [0.1, 0.15) is 46.0 Å². The van der Waals surface area contributed by atoms with Crippen molar-refractivity contribution in [2.45, 2.75) is 46.0 Å². The molecule has 2 unspecified atom stereocenters. The van der Waals surface area contributed by atoms with Crippen molar-refractivity contribution in [2.24, 2.45) is 22.7 Å². The van der Waals surface area contributed by atoms with E-state index < -0.39 is 0 Å². The molecule has 0 radical (unpaired) electrons. The molecule has 1 aliphatic carbocycles. The van der Waals surface area contributed by atoms with Gasteiger partial charge in [0.15, 0.2) is 0 Å². The van der Waals surface area contributed by atoms with Gasteiger partial charge in [-0.3, -0.25) is 10.4 Å². The van der Waals surface area contributed by atoms with Crippen LogP contribution in [0.5, 0.6) is 0 Å². The highest BCUT2D eigenvalue weighted by atomic mass is 16.5. The SMILES string of the molecule is CCOCCCNC(=NCC1CCCCC1C)NN. The Bertz CT molecular complexity index is 258. The van der Waals surface area contributed by atoms with Gasteiger partial charge < -0.3 is 10.1 Å². The van der Waals surface area contributed by atoms with E-state index in [2.05, 4.69) is 22.7 Å². The molecule has 0 aromatic rings. The van der Waals surface area contributed by atoms with Gasteiger partial charge in [0.1, 0.15) is 0 Å². The average molecular weight is 270 g/mol. The maximum absolute atomic E-state index is 5.49. The van der Waals surface area contributed by atoms with Crippen molar-refractivity contribution in [2.75, 3.05) is 26.3 Å². The smallest absolute Gasteiger partial charge is 0.205 e. The second kappa shape index (κ2) is 10.0. The molecule has 4 N–H and O–H groups in total. The lowest BCUT2D eigenvalue weighted by atomic mass is 9.80. The second-order valence-corrected chi connectivity index (χ2v) is 5.33. The zero-order valence-corrected chi connectivity index (χ0v) is 12.5. The lowest BCUT2D eigenvalue weighted by Crippen LogP contribution is -2.42. The van der Waals surface area contributed by atoms with Crippen molar-refractivity contribution in [1.82, 2.24) is 10.7 Å². The molecule has 5 nitrogen and oxygen atoms in total. The first-order valence-electron chi connectivity index (χ1n) is 7.60. The molecule has 0 aliphatic heterocycles. The van der Waals surface area contributed by atoms with Crippen molar-refractivity contribution in [3.63, 3.8) is 0 Å². The molecular weight excluding hydrogens is 240 g/mol. The Labute approximate surface area is 117 Å². The van der Waals surface area contributed by atoms with E-state index in [0.717, 1.165) is 38.6 Å². The third kappa shape index (κ3) is 6.78. The van der Waals surface area contributed by atoms with Crippen LogP contribution in [0.4, 0.5) is 0 Å². The maximum atomic E-state index is 5.49. The normalized spacial score (nSPS) is 24.3. The number of hydrazine groups is 1. The van der Waals surface area contributed by atoms with Crippen LogP contribution in [0.15, 0.2) is 4.99 Å². The van der Waals surface area contributed by atoms with Gasteiger partial charge in [0.25, 0.3) is 0 Å². The summed E-state index contributed by atoms with van der Waals surface area (Å²) in [7, 11) is 0. The number of aliphatic imine (C=N–C) groups is 1. The minimum atomic E-state index is 0.703. The van der Waals surface area contributed by atoms with Gasteiger partial charge in [-0.1, -0.05) is 26.2 Å². The topological polar surface area (TPSA) is 71.7 Å². The number of guanidine groups is 1. The quantitative estimate of drug-likeness (QED) is 0.216. The zero-order chi connectivity index (χ0) is 13.9. The molecule has 1 aliphatic rings. The molecule has 0 heterocycles. The van der Waals surface area contributed by atoms with E-state index >= 15 is 0 Å². The molecule has 112 valence electrons. The van der Waals surface area contributed by atoms with Crippen molar-refractivity contribution < 1.29 is 4.74 Å². The number of nitrogens with zero attached hydrogens (tertiary/aromatic N) is 1. The first-order valence-corrected chi connectivity index (χ1v) is 7.60. The number of hydrogen-bond acceptors (Lipinski definition) is 3. The number of hydrogen-bond donors (Lipinski definition) is 3. The summed E-state index contributed by atoms with van der Waals surface area (Å²) in [4.78, 5) is 4.56. The Kier molecular flexibility index (Phi) is 8.58. The van der Waals surface area contributed by atoms with E-state index in [1.54, 1.807) is 0 Å². The van der Waals surface area contributed by atoms with Crippen LogP contribution in [-0.4, -0.2) is 32.3 Å². The van der Waals surface area contributed by atoms with Gasteiger partial charge in [-0.25, -0.2) is 5.84 Å². The summed E-state index contributed by atoms with van der Waals surface area (Å²) < 4.78 is 5.29. The molecule has 19 heavy (non-hydrogen) atoms. The summed E-state index contributed by atoms with van der Waals surface area (Å²) in [6.45, 7) is 7.61. The Hall–Kier alpha value is -0.810. The summed E-state index contributed by atoms with van der Waals surface area (Å²) in [6, 6.07) is 0. The number of nitrogens with two attached hydrogens (primary N) is 1. The minimum absolute atomic E-state index is 0.703. The molecule has 2 atom stereocenters. The first-order chi connectivity index (χ1) is 9.27. The minimum Gasteiger partial charge on any atom is -0.382 e. The molecule has 0 amide bonds. The highest BCUT2D eigenvalue weighted by molar-refractivity contribution is 5.79. The van der Waals surface area contributed by atoms with Crippen molar-refractivity contribution >= 4 is 5.96 Å². The molecule has 5 heteroatoms. The summed E-state index contributed by atoms with van der Waals surface area (Å²) in [5, 5.41) is 3.22. The molecule has 1 rings (SSSR count). The van der Waals surface area contributed by atoms with Gasteiger partial charge >= 0.3 is 0 Å². The monoisotopic (exact) mass is 270 g/mol. The first kappa shape index (κ1) is 16.2. The summed E-state index contributed by atoms with van der Waals surface area (Å²) in [5.74, 6) is 7.69. The van der Waals surface area contributed by atoms with Gasteiger partial charge in [-0.15, -0.1) is 0 Å². The Morgan fingerprint density at radius 3 is 2.84 bits per heavy atom. The Morgan fingerprint density at radius 1 is 1.37 bits per heavy atom. The summed E-state index contributed by atoms with van der Waals surface area (Å²) in [6.07, 6.45) is 6.32.